The van der Waals surface area contributed by atoms with E-state index in [-0.39, 0.29) is 11.6 Å². The topological polar surface area (TPSA) is 50.4 Å². The molecular formula is C12H24N2O2. The lowest BCUT2D eigenvalue weighted by molar-refractivity contribution is 0.0441. The first kappa shape index (κ1) is 13.3. The Morgan fingerprint density at radius 3 is 2.38 bits per heavy atom. The lowest BCUT2D eigenvalue weighted by Gasteiger charge is -2.33. The molecule has 1 fully saturated rings. The maximum atomic E-state index is 11.7. The van der Waals surface area contributed by atoms with Gasteiger partial charge in [0.2, 0.25) is 0 Å². The van der Waals surface area contributed by atoms with Crippen molar-refractivity contribution in [3.8, 4) is 0 Å². The predicted molar refractivity (Wildman–Crippen MR) is 64.4 cm³/mol. The number of ether oxygens (including phenoxy) is 1. The van der Waals surface area contributed by atoms with E-state index < -0.39 is 5.60 Å². The van der Waals surface area contributed by atoms with Gasteiger partial charge in [0.1, 0.15) is 5.60 Å². The fourth-order valence-corrected chi connectivity index (χ4v) is 1.94. The summed E-state index contributed by atoms with van der Waals surface area (Å²) in [5.74, 6) is 0.472. The Morgan fingerprint density at radius 1 is 1.31 bits per heavy atom. The van der Waals surface area contributed by atoms with Gasteiger partial charge in [0.15, 0.2) is 0 Å². The molecule has 0 aliphatic carbocycles. The third-order valence-electron chi connectivity index (χ3n) is 2.90. The zero-order valence-corrected chi connectivity index (χ0v) is 11.0. The quantitative estimate of drug-likeness (QED) is 0.759. The van der Waals surface area contributed by atoms with Gasteiger partial charge in [-0.15, -0.1) is 0 Å². The van der Waals surface area contributed by atoms with E-state index in [1.807, 2.05) is 20.8 Å². The van der Waals surface area contributed by atoms with Crippen molar-refractivity contribution in [3.63, 3.8) is 0 Å². The first-order valence-electron chi connectivity index (χ1n) is 5.92. The van der Waals surface area contributed by atoms with Crippen molar-refractivity contribution in [3.05, 3.63) is 0 Å². The molecule has 94 valence electrons. The predicted octanol–water partition coefficient (Wildman–Crippen LogP) is 1.90. The molecule has 1 aliphatic rings. The molecule has 4 nitrogen and oxygen atoms in total. The molecule has 0 aromatic rings. The Kier molecular flexibility index (Phi) is 3.84. The van der Waals surface area contributed by atoms with Gasteiger partial charge in [0.25, 0.3) is 0 Å². The Balaban J connectivity index is 2.48. The molecule has 0 saturated carbocycles. The van der Waals surface area contributed by atoms with Crippen LogP contribution in [0.4, 0.5) is 4.79 Å². The Hall–Kier alpha value is -0.770. The van der Waals surface area contributed by atoms with Crippen LogP contribution in [0.25, 0.3) is 0 Å². The van der Waals surface area contributed by atoms with E-state index in [0.717, 1.165) is 19.5 Å². The molecule has 1 atom stereocenters. The highest BCUT2D eigenvalue weighted by atomic mass is 16.6. The SMILES string of the molecule is CC(C)(C)OC(=O)NC(C)(C)C1CCNC1. The van der Waals surface area contributed by atoms with Crippen LogP contribution in [-0.2, 0) is 4.74 Å². The maximum absolute atomic E-state index is 11.7. The van der Waals surface area contributed by atoms with Crippen molar-refractivity contribution in [2.45, 2.75) is 52.2 Å². The second kappa shape index (κ2) is 4.62. The molecule has 1 rings (SSSR count). The van der Waals surface area contributed by atoms with Gasteiger partial charge in [0, 0.05) is 12.1 Å². The molecule has 0 aromatic heterocycles. The van der Waals surface area contributed by atoms with E-state index in [1.165, 1.54) is 0 Å². The van der Waals surface area contributed by atoms with E-state index >= 15 is 0 Å². The molecule has 1 aliphatic heterocycles. The van der Waals surface area contributed by atoms with Crippen molar-refractivity contribution < 1.29 is 9.53 Å². The minimum atomic E-state index is -0.436. The lowest BCUT2D eigenvalue weighted by Crippen LogP contribution is -2.51. The summed E-state index contributed by atoms with van der Waals surface area (Å²) < 4.78 is 5.26. The lowest BCUT2D eigenvalue weighted by atomic mass is 9.87. The van der Waals surface area contributed by atoms with Crippen LogP contribution in [0.1, 0.15) is 41.0 Å². The molecule has 1 heterocycles. The standard InChI is InChI=1S/C12H24N2O2/c1-11(2,3)16-10(15)14-12(4,5)9-6-7-13-8-9/h9,13H,6-8H2,1-5H3,(H,14,15). The van der Waals surface area contributed by atoms with Crippen LogP contribution < -0.4 is 10.6 Å². The summed E-state index contributed by atoms with van der Waals surface area (Å²) in [4.78, 5) is 11.7. The Labute approximate surface area is 98.1 Å². The molecular weight excluding hydrogens is 204 g/mol. The average Bonchev–Trinajstić information content (AvgIpc) is 2.49. The highest BCUT2D eigenvalue weighted by Crippen LogP contribution is 2.23. The highest BCUT2D eigenvalue weighted by Gasteiger charge is 2.34. The van der Waals surface area contributed by atoms with Gasteiger partial charge in [0.05, 0.1) is 0 Å². The molecule has 1 amide bonds. The number of carbonyl (C=O) groups is 1. The minimum Gasteiger partial charge on any atom is -0.444 e. The molecule has 0 bridgehead atoms. The first-order chi connectivity index (χ1) is 7.21. The van der Waals surface area contributed by atoms with Gasteiger partial charge in [-0.25, -0.2) is 4.79 Å². The maximum Gasteiger partial charge on any atom is 0.408 e. The van der Waals surface area contributed by atoms with Gasteiger partial charge < -0.3 is 15.4 Å². The van der Waals surface area contributed by atoms with E-state index in [9.17, 15) is 4.79 Å². The summed E-state index contributed by atoms with van der Waals surface area (Å²) in [7, 11) is 0. The number of alkyl carbamates (subject to hydrolysis) is 1. The Bertz CT molecular complexity index is 250. The largest absolute Gasteiger partial charge is 0.444 e. The molecule has 4 heteroatoms. The average molecular weight is 228 g/mol. The summed E-state index contributed by atoms with van der Waals surface area (Å²) in [5.41, 5.74) is -0.653. The molecule has 0 radical (unpaired) electrons. The fourth-order valence-electron chi connectivity index (χ4n) is 1.94. The smallest absolute Gasteiger partial charge is 0.408 e. The fraction of sp³-hybridized carbons (Fsp3) is 0.917. The first-order valence-corrected chi connectivity index (χ1v) is 5.92. The van der Waals surface area contributed by atoms with Gasteiger partial charge in [-0.3, -0.25) is 0 Å². The summed E-state index contributed by atoms with van der Waals surface area (Å²) in [6.07, 6.45) is 0.771. The van der Waals surface area contributed by atoms with Crippen LogP contribution in [0.3, 0.4) is 0 Å². The molecule has 2 N–H and O–H groups in total. The van der Waals surface area contributed by atoms with Gasteiger partial charge in [-0.2, -0.15) is 0 Å². The summed E-state index contributed by atoms with van der Waals surface area (Å²) in [6.45, 7) is 11.7. The third-order valence-corrected chi connectivity index (χ3v) is 2.90. The zero-order chi connectivity index (χ0) is 12.4. The van der Waals surface area contributed by atoms with E-state index in [1.54, 1.807) is 0 Å². The van der Waals surface area contributed by atoms with E-state index in [2.05, 4.69) is 24.5 Å². The van der Waals surface area contributed by atoms with Crippen molar-refractivity contribution in [2.75, 3.05) is 13.1 Å². The van der Waals surface area contributed by atoms with Crippen LogP contribution in [0.5, 0.6) is 0 Å². The van der Waals surface area contributed by atoms with Crippen molar-refractivity contribution >= 4 is 6.09 Å². The number of carbonyl (C=O) groups excluding carboxylic acids is 1. The van der Waals surface area contributed by atoms with Crippen LogP contribution in [0, 0.1) is 5.92 Å². The summed E-state index contributed by atoms with van der Waals surface area (Å²) in [6, 6.07) is 0. The minimum absolute atomic E-state index is 0.216. The second-order valence-corrected chi connectivity index (χ2v) is 6.04. The monoisotopic (exact) mass is 228 g/mol. The van der Waals surface area contributed by atoms with Crippen LogP contribution >= 0.6 is 0 Å². The summed E-state index contributed by atoms with van der Waals surface area (Å²) >= 11 is 0. The zero-order valence-electron chi connectivity index (χ0n) is 11.0. The van der Waals surface area contributed by atoms with E-state index in [4.69, 9.17) is 4.74 Å². The van der Waals surface area contributed by atoms with Gasteiger partial charge in [-0.1, -0.05) is 0 Å². The number of nitrogens with one attached hydrogen (secondary N) is 2. The normalized spacial score (nSPS) is 21.9. The van der Waals surface area contributed by atoms with Crippen molar-refractivity contribution in [1.29, 1.82) is 0 Å². The molecule has 0 aromatic carbocycles. The van der Waals surface area contributed by atoms with Crippen LogP contribution in [-0.4, -0.2) is 30.3 Å². The molecule has 0 spiro atoms. The van der Waals surface area contributed by atoms with Gasteiger partial charge in [-0.05, 0) is 53.5 Å². The molecule has 1 unspecified atom stereocenters. The number of rotatable bonds is 2. The molecule has 1 saturated heterocycles. The van der Waals surface area contributed by atoms with Crippen LogP contribution in [0.15, 0.2) is 0 Å². The number of hydrogen-bond acceptors (Lipinski definition) is 3. The second-order valence-electron chi connectivity index (χ2n) is 6.04. The van der Waals surface area contributed by atoms with Crippen LogP contribution in [0.2, 0.25) is 0 Å². The third kappa shape index (κ3) is 4.00. The van der Waals surface area contributed by atoms with Crippen molar-refractivity contribution in [1.82, 2.24) is 10.6 Å². The summed E-state index contributed by atoms with van der Waals surface area (Å²) in [5, 5.41) is 6.26. The molecule has 16 heavy (non-hydrogen) atoms. The Morgan fingerprint density at radius 2 is 1.94 bits per heavy atom. The van der Waals surface area contributed by atoms with Gasteiger partial charge >= 0.3 is 6.09 Å². The number of hydrogen-bond donors (Lipinski definition) is 2. The highest BCUT2D eigenvalue weighted by molar-refractivity contribution is 5.68. The van der Waals surface area contributed by atoms with E-state index in [0.29, 0.717) is 5.92 Å². The number of amides is 1. The van der Waals surface area contributed by atoms with Crippen molar-refractivity contribution in [2.24, 2.45) is 5.92 Å².